The number of nitrogens with zero attached hydrogens (tertiary/aromatic N) is 1. The first-order chi connectivity index (χ1) is 8.10. The molecular formula is C12H20N2O3. The van der Waals surface area contributed by atoms with Gasteiger partial charge in [0.05, 0.1) is 0 Å². The quantitative estimate of drug-likeness (QED) is 0.717. The van der Waals surface area contributed by atoms with E-state index < -0.39 is 12.0 Å². The van der Waals surface area contributed by atoms with Crippen LogP contribution in [0.2, 0.25) is 0 Å². The van der Waals surface area contributed by atoms with Gasteiger partial charge in [-0.05, 0) is 25.7 Å². The van der Waals surface area contributed by atoms with Crippen LogP contribution >= 0.6 is 0 Å². The standard InChI is InChI=1S/C12H20N2O3/c1-3-6-10(11(15)16)13-12(17)14-8-5-7-9(14)4-2/h3,9-10H,1,4-8H2,2H3,(H,13,17)(H,15,16). The van der Waals surface area contributed by atoms with Crippen molar-refractivity contribution in [3.8, 4) is 0 Å². The van der Waals surface area contributed by atoms with E-state index in [9.17, 15) is 9.59 Å². The Morgan fingerprint density at radius 2 is 2.35 bits per heavy atom. The van der Waals surface area contributed by atoms with Crippen molar-refractivity contribution < 1.29 is 14.7 Å². The van der Waals surface area contributed by atoms with Gasteiger partial charge >= 0.3 is 12.0 Å². The monoisotopic (exact) mass is 240 g/mol. The van der Waals surface area contributed by atoms with Crippen LogP contribution in [0.25, 0.3) is 0 Å². The minimum atomic E-state index is -1.02. The van der Waals surface area contributed by atoms with Crippen molar-refractivity contribution in [2.75, 3.05) is 6.54 Å². The van der Waals surface area contributed by atoms with Gasteiger partial charge in [0.1, 0.15) is 6.04 Å². The molecule has 0 saturated carbocycles. The first kappa shape index (κ1) is 13.5. The summed E-state index contributed by atoms with van der Waals surface area (Å²) in [5.74, 6) is -1.02. The molecule has 2 amide bonds. The molecule has 5 heteroatoms. The molecule has 1 aliphatic rings. The Kier molecular flexibility index (Phi) is 5.00. The van der Waals surface area contributed by atoms with Crippen molar-refractivity contribution in [2.24, 2.45) is 0 Å². The van der Waals surface area contributed by atoms with Crippen LogP contribution < -0.4 is 5.32 Å². The van der Waals surface area contributed by atoms with Crippen molar-refractivity contribution >= 4 is 12.0 Å². The molecule has 0 aromatic carbocycles. The molecule has 0 spiro atoms. The largest absolute Gasteiger partial charge is 0.480 e. The Labute approximate surface area is 101 Å². The highest BCUT2D eigenvalue weighted by atomic mass is 16.4. The molecule has 1 aliphatic heterocycles. The lowest BCUT2D eigenvalue weighted by molar-refractivity contribution is -0.139. The fourth-order valence-electron chi connectivity index (χ4n) is 2.15. The van der Waals surface area contributed by atoms with Crippen molar-refractivity contribution in [3.63, 3.8) is 0 Å². The summed E-state index contributed by atoms with van der Waals surface area (Å²) in [5, 5.41) is 11.5. The van der Waals surface area contributed by atoms with Crippen molar-refractivity contribution in [2.45, 2.75) is 44.7 Å². The summed E-state index contributed by atoms with van der Waals surface area (Å²) < 4.78 is 0. The third-order valence-electron chi connectivity index (χ3n) is 3.11. The highest BCUT2D eigenvalue weighted by Gasteiger charge is 2.29. The zero-order valence-electron chi connectivity index (χ0n) is 10.2. The lowest BCUT2D eigenvalue weighted by atomic mass is 10.2. The van der Waals surface area contributed by atoms with E-state index in [0.29, 0.717) is 6.54 Å². The highest BCUT2D eigenvalue weighted by Crippen LogP contribution is 2.19. The van der Waals surface area contributed by atoms with Crippen molar-refractivity contribution in [1.82, 2.24) is 10.2 Å². The van der Waals surface area contributed by atoms with Crippen LogP contribution in [0.1, 0.15) is 32.6 Å². The smallest absolute Gasteiger partial charge is 0.326 e. The van der Waals surface area contributed by atoms with E-state index in [1.807, 2.05) is 6.92 Å². The summed E-state index contributed by atoms with van der Waals surface area (Å²) in [6.07, 6.45) is 4.65. The molecule has 2 unspecified atom stereocenters. The maximum absolute atomic E-state index is 11.9. The van der Waals surface area contributed by atoms with E-state index in [0.717, 1.165) is 19.3 Å². The van der Waals surface area contributed by atoms with Crippen molar-refractivity contribution in [3.05, 3.63) is 12.7 Å². The summed E-state index contributed by atoms with van der Waals surface area (Å²) in [6, 6.07) is -0.908. The van der Waals surface area contributed by atoms with Gasteiger partial charge in [-0.25, -0.2) is 9.59 Å². The molecule has 2 atom stereocenters. The van der Waals surface area contributed by atoms with Crippen LogP contribution in [0.5, 0.6) is 0 Å². The summed E-state index contributed by atoms with van der Waals surface area (Å²) in [4.78, 5) is 24.6. The van der Waals surface area contributed by atoms with E-state index in [-0.39, 0.29) is 18.5 Å². The maximum Gasteiger partial charge on any atom is 0.326 e. The normalized spacial score (nSPS) is 21.0. The van der Waals surface area contributed by atoms with Gasteiger partial charge < -0.3 is 15.3 Å². The minimum Gasteiger partial charge on any atom is -0.480 e. The lowest BCUT2D eigenvalue weighted by Crippen LogP contribution is -2.49. The number of hydrogen-bond donors (Lipinski definition) is 2. The predicted molar refractivity (Wildman–Crippen MR) is 64.8 cm³/mol. The number of likely N-dealkylation sites (tertiary alicyclic amines) is 1. The summed E-state index contributed by atoms with van der Waals surface area (Å²) in [6.45, 7) is 6.24. The zero-order chi connectivity index (χ0) is 12.8. The predicted octanol–water partition coefficient (Wildman–Crippen LogP) is 1.60. The maximum atomic E-state index is 11.9. The molecular weight excluding hydrogens is 220 g/mol. The first-order valence-electron chi connectivity index (χ1n) is 6.01. The number of amides is 2. The molecule has 2 N–H and O–H groups in total. The number of carboxylic acid groups (broad SMARTS) is 1. The fraction of sp³-hybridized carbons (Fsp3) is 0.667. The van der Waals surface area contributed by atoms with Gasteiger partial charge in [-0.1, -0.05) is 13.0 Å². The number of rotatable bonds is 5. The third kappa shape index (κ3) is 3.47. The highest BCUT2D eigenvalue weighted by molar-refractivity contribution is 5.83. The van der Waals surface area contributed by atoms with Crippen LogP contribution in [0.4, 0.5) is 4.79 Å². The molecule has 0 aliphatic carbocycles. The number of hydrogen-bond acceptors (Lipinski definition) is 2. The average Bonchev–Trinajstić information content (AvgIpc) is 2.76. The zero-order valence-corrected chi connectivity index (χ0v) is 10.2. The van der Waals surface area contributed by atoms with Crippen LogP contribution in [0.15, 0.2) is 12.7 Å². The van der Waals surface area contributed by atoms with Gasteiger partial charge in [-0.3, -0.25) is 0 Å². The van der Waals surface area contributed by atoms with Gasteiger partial charge in [0, 0.05) is 12.6 Å². The SMILES string of the molecule is C=CCC(NC(=O)N1CCCC1CC)C(=O)O. The Bertz CT molecular complexity index is 304. The molecule has 0 bridgehead atoms. The Morgan fingerprint density at radius 1 is 1.65 bits per heavy atom. The van der Waals surface area contributed by atoms with Crippen LogP contribution in [0, 0.1) is 0 Å². The summed E-state index contributed by atoms with van der Waals surface area (Å²) in [5.41, 5.74) is 0. The second-order valence-corrected chi connectivity index (χ2v) is 4.26. The summed E-state index contributed by atoms with van der Waals surface area (Å²) >= 11 is 0. The van der Waals surface area contributed by atoms with Gasteiger partial charge in [0.2, 0.25) is 0 Å². The Morgan fingerprint density at radius 3 is 2.88 bits per heavy atom. The van der Waals surface area contributed by atoms with Crippen LogP contribution in [0.3, 0.4) is 0 Å². The van der Waals surface area contributed by atoms with E-state index in [1.54, 1.807) is 4.90 Å². The molecule has 0 aromatic rings. The van der Waals surface area contributed by atoms with E-state index in [1.165, 1.54) is 6.08 Å². The third-order valence-corrected chi connectivity index (χ3v) is 3.11. The lowest BCUT2D eigenvalue weighted by Gasteiger charge is -2.25. The number of carboxylic acids is 1. The molecule has 96 valence electrons. The number of carbonyl (C=O) groups excluding carboxylic acids is 1. The molecule has 1 fully saturated rings. The van der Waals surface area contributed by atoms with E-state index in [4.69, 9.17) is 5.11 Å². The van der Waals surface area contributed by atoms with Crippen LogP contribution in [-0.4, -0.2) is 40.6 Å². The topological polar surface area (TPSA) is 69.6 Å². The van der Waals surface area contributed by atoms with Gasteiger partial charge in [0.25, 0.3) is 0 Å². The average molecular weight is 240 g/mol. The molecule has 0 radical (unpaired) electrons. The molecule has 1 rings (SSSR count). The fourth-order valence-corrected chi connectivity index (χ4v) is 2.15. The number of urea groups is 1. The Balaban J connectivity index is 2.57. The second-order valence-electron chi connectivity index (χ2n) is 4.26. The summed E-state index contributed by atoms with van der Waals surface area (Å²) in [7, 11) is 0. The molecule has 5 nitrogen and oxygen atoms in total. The number of carbonyl (C=O) groups is 2. The molecule has 17 heavy (non-hydrogen) atoms. The van der Waals surface area contributed by atoms with Gasteiger partial charge in [-0.15, -0.1) is 6.58 Å². The molecule has 1 heterocycles. The van der Waals surface area contributed by atoms with Gasteiger partial charge in [-0.2, -0.15) is 0 Å². The van der Waals surface area contributed by atoms with E-state index >= 15 is 0 Å². The van der Waals surface area contributed by atoms with Crippen LogP contribution in [-0.2, 0) is 4.79 Å². The van der Waals surface area contributed by atoms with E-state index in [2.05, 4.69) is 11.9 Å². The minimum absolute atomic E-state index is 0.242. The van der Waals surface area contributed by atoms with Gasteiger partial charge in [0.15, 0.2) is 0 Å². The second kappa shape index (κ2) is 6.27. The first-order valence-corrected chi connectivity index (χ1v) is 6.01. The molecule has 0 aromatic heterocycles. The number of aliphatic carboxylic acids is 1. The Hall–Kier alpha value is -1.52. The molecule has 1 saturated heterocycles. The number of nitrogens with one attached hydrogen (secondary N) is 1. The van der Waals surface area contributed by atoms with Crippen molar-refractivity contribution in [1.29, 1.82) is 0 Å².